The van der Waals surface area contributed by atoms with E-state index in [9.17, 15) is 5.11 Å². The number of pyridine rings is 1. The lowest BCUT2D eigenvalue weighted by molar-refractivity contribution is 0.0556. The average molecular weight is 249 g/mol. The van der Waals surface area contributed by atoms with Gasteiger partial charge in [0.1, 0.15) is 11.9 Å². The summed E-state index contributed by atoms with van der Waals surface area (Å²) in [6.07, 6.45) is 1.31. The summed E-state index contributed by atoms with van der Waals surface area (Å²) in [4.78, 5) is 8.21. The summed E-state index contributed by atoms with van der Waals surface area (Å²) in [7, 11) is 1.60. The van der Waals surface area contributed by atoms with Gasteiger partial charge in [-0.15, -0.1) is 0 Å². The van der Waals surface area contributed by atoms with Crippen LogP contribution in [0.15, 0.2) is 22.9 Å². The molecule has 0 aliphatic carbocycles. The number of aromatic nitrogens is 3. The molecule has 2 heterocycles. The van der Waals surface area contributed by atoms with E-state index in [0.717, 1.165) is 0 Å². The number of hydrogen-bond acceptors (Lipinski definition) is 6. The van der Waals surface area contributed by atoms with Gasteiger partial charge in [0.05, 0.1) is 0 Å². The van der Waals surface area contributed by atoms with Crippen LogP contribution in [0.25, 0.3) is 11.6 Å². The Morgan fingerprint density at radius 2 is 2.17 bits per heavy atom. The minimum Gasteiger partial charge on any atom is -0.505 e. The molecular weight excluding hydrogens is 234 g/mol. The zero-order valence-corrected chi connectivity index (χ0v) is 10.5. The third-order valence-corrected chi connectivity index (χ3v) is 2.54. The maximum Gasteiger partial charge on any atom is 0.280 e. The van der Waals surface area contributed by atoms with Gasteiger partial charge >= 0.3 is 0 Å². The quantitative estimate of drug-likeness (QED) is 0.894. The van der Waals surface area contributed by atoms with E-state index < -0.39 is 0 Å². The molecular formula is C12H15N3O3. The molecule has 0 saturated heterocycles. The third-order valence-electron chi connectivity index (χ3n) is 2.54. The van der Waals surface area contributed by atoms with Crippen molar-refractivity contribution in [3.05, 3.63) is 24.2 Å². The van der Waals surface area contributed by atoms with Gasteiger partial charge < -0.3 is 14.4 Å². The van der Waals surface area contributed by atoms with Crippen molar-refractivity contribution in [3.63, 3.8) is 0 Å². The number of hydrogen-bond donors (Lipinski definition) is 1. The van der Waals surface area contributed by atoms with Crippen LogP contribution in [-0.2, 0) is 4.74 Å². The Morgan fingerprint density at radius 1 is 1.39 bits per heavy atom. The molecule has 96 valence electrons. The predicted molar refractivity (Wildman–Crippen MR) is 63.8 cm³/mol. The molecule has 2 rings (SSSR count). The van der Waals surface area contributed by atoms with Crippen molar-refractivity contribution in [1.82, 2.24) is 15.1 Å². The number of aromatic hydroxyl groups is 1. The number of rotatable bonds is 4. The molecule has 0 aliphatic rings. The standard InChI is InChI=1S/C12H15N3O3/c1-7(2)10(17-3)11-14-12(18-15-11)9-8(16)5-4-6-13-9/h4-7,10,16H,1-3H3. The van der Waals surface area contributed by atoms with Crippen LogP contribution in [0.5, 0.6) is 5.75 Å². The third kappa shape index (κ3) is 2.33. The fraction of sp³-hybridized carbons (Fsp3) is 0.417. The van der Waals surface area contributed by atoms with E-state index in [0.29, 0.717) is 5.82 Å². The molecule has 0 radical (unpaired) electrons. The highest BCUT2D eigenvalue weighted by atomic mass is 16.5. The summed E-state index contributed by atoms with van der Waals surface area (Å²) in [5.41, 5.74) is 0.273. The lowest BCUT2D eigenvalue weighted by Crippen LogP contribution is -2.10. The van der Waals surface area contributed by atoms with Gasteiger partial charge in [-0.2, -0.15) is 4.98 Å². The second-order valence-electron chi connectivity index (χ2n) is 4.23. The molecule has 0 fully saturated rings. The Labute approximate surface area is 105 Å². The first kappa shape index (κ1) is 12.5. The zero-order chi connectivity index (χ0) is 13.1. The van der Waals surface area contributed by atoms with Crippen molar-refractivity contribution < 1.29 is 14.4 Å². The second kappa shape index (κ2) is 5.14. The molecule has 0 amide bonds. The first-order valence-corrected chi connectivity index (χ1v) is 5.64. The van der Waals surface area contributed by atoms with Gasteiger partial charge in [0, 0.05) is 13.3 Å². The number of methoxy groups -OCH3 is 1. The lowest BCUT2D eigenvalue weighted by Gasteiger charge is -2.14. The van der Waals surface area contributed by atoms with Crippen molar-refractivity contribution in [3.8, 4) is 17.3 Å². The molecule has 0 bridgehead atoms. The fourth-order valence-electron chi connectivity index (χ4n) is 1.68. The lowest BCUT2D eigenvalue weighted by atomic mass is 10.1. The van der Waals surface area contributed by atoms with E-state index in [1.807, 2.05) is 13.8 Å². The molecule has 2 aromatic heterocycles. The minimum atomic E-state index is -0.242. The topological polar surface area (TPSA) is 81.3 Å². The largest absolute Gasteiger partial charge is 0.505 e. The van der Waals surface area contributed by atoms with Gasteiger partial charge in [-0.25, -0.2) is 4.98 Å². The highest BCUT2D eigenvalue weighted by Crippen LogP contribution is 2.28. The Balaban J connectivity index is 2.34. The van der Waals surface area contributed by atoms with Crippen LogP contribution in [0, 0.1) is 5.92 Å². The summed E-state index contributed by atoms with van der Waals surface area (Å²) in [6, 6.07) is 3.14. The highest BCUT2D eigenvalue weighted by Gasteiger charge is 2.23. The Kier molecular flexibility index (Phi) is 3.57. The van der Waals surface area contributed by atoms with E-state index in [-0.39, 0.29) is 29.4 Å². The SMILES string of the molecule is COC(c1noc(-c2ncccc2O)n1)C(C)C. The van der Waals surface area contributed by atoms with Crippen LogP contribution in [0.3, 0.4) is 0 Å². The smallest absolute Gasteiger partial charge is 0.280 e. The predicted octanol–water partition coefficient (Wildman–Crippen LogP) is 2.18. The molecule has 1 unspecified atom stereocenters. The van der Waals surface area contributed by atoms with E-state index in [1.54, 1.807) is 19.4 Å². The molecule has 0 aliphatic heterocycles. The summed E-state index contributed by atoms with van der Waals surface area (Å²) >= 11 is 0. The van der Waals surface area contributed by atoms with Gasteiger partial charge in [0.15, 0.2) is 5.69 Å². The fourth-order valence-corrected chi connectivity index (χ4v) is 1.68. The maximum absolute atomic E-state index is 9.66. The Bertz CT molecular complexity index is 525. The zero-order valence-electron chi connectivity index (χ0n) is 10.5. The van der Waals surface area contributed by atoms with Crippen molar-refractivity contribution >= 4 is 0 Å². The van der Waals surface area contributed by atoms with Crippen molar-refractivity contribution in [2.45, 2.75) is 20.0 Å². The maximum atomic E-state index is 9.66. The van der Waals surface area contributed by atoms with E-state index in [1.165, 1.54) is 6.07 Å². The summed E-state index contributed by atoms with van der Waals surface area (Å²) in [5, 5.41) is 13.5. The average Bonchev–Trinajstić information content (AvgIpc) is 2.79. The molecule has 2 aromatic rings. The molecule has 18 heavy (non-hydrogen) atoms. The van der Waals surface area contributed by atoms with E-state index in [4.69, 9.17) is 9.26 Å². The molecule has 0 saturated carbocycles. The summed E-state index contributed by atoms with van der Waals surface area (Å²) < 4.78 is 10.4. The van der Waals surface area contributed by atoms with Crippen LogP contribution in [0.2, 0.25) is 0 Å². The first-order valence-electron chi connectivity index (χ1n) is 5.64. The Morgan fingerprint density at radius 3 is 2.78 bits per heavy atom. The molecule has 6 heteroatoms. The molecule has 1 atom stereocenters. The summed E-state index contributed by atoms with van der Waals surface area (Å²) in [5.74, 6) is 0.863. The van der Waals surface area contributed by atoms with Crippen molar-refractivity contribution in [2.75, 3.05) is 7.11 Å². The van der Waals surface area contributed by atoms with Crippen LogP contribution in [-0.4, -0.2) is 27.3 Å². The van der Waals surface area contributed by atoms with Gasteiger partial charge in [-0.1, -0.05) is 19.0 Å². The monoisotopic (exact) mass is 249 g/mol. The van der Waals surface area contributed by atoms with Gasteiger partial charge in [-0.3, -0.25) is 0 Å². The molecule has 0 aromatic carbocycles. The highest BCUT2D eigenvalue weighted by molar-refractivity contribution is 5.55. The van der Waals surface area contributed by atoms with E-state index >= 15 is 0 Å². The molecule has 6 nitrogen and oxygen atoms in total. The van der Waals surface area contributed by atoms with Gasteiger partial charge in [0.25, 0.3) is 5.89 Å². The number of nitrogens with zero attached hydrogens (tertiary/aromatic N) is 3. The minimum absolute atomic E-state index is 0.00575. The Hall–Kier alpha value is -1.95. The van der Waals surface area contributed by atoms with Gasteiger partial charge in [0.2, 0.25) is 5.82 Å². The summed E-state index contributed by atoms with van der Waals surface area (Å²) in [6.45, 7) is 4.00. The van der Waals surface area contributed by atoms with Crippen molar-refractivity contribution in [1.29, 1.82) is 0 Å². The van der Waals surface area contributed by atoms with E-state index in [2.05, 4.69) is 15.1 Å². The van der Waals surface area contributed by atoms with Crippen molar-refractivity contribution in [2.24, 2.45) is 5.92 Å². The normalized spacial score (nSPS) is 12.9. The van der Waals surface area contributed by atoms with Crippen LogP contribution in [0.1, 0.15) is 25.8 Å². The molecule has 1 N–H and O–H groups in total. The van der Waals surface area contributed by atoms with Crippen LogP contribution < -0.4 is 0 Å². The van der Waals surface area contributed by atoms with Crippen LogP contribution in [0.4, 0.5) is 0 Å². The molecule has 0 spiro atoms. The van der Waals surface area contributed by atoms with Crippen LogP contribution >= 0.6 is 0 Å². The number of ether oxygens (including phenoxy) is 1. The second-order valence-corrected chi connectivity index (χ2v) is 4.23. The first-order chi connectivity index (χ1) is 8.63. The van der Waals surface area contributed by atoms with Gasteiger partial charge in [-0.05, 0) is 18.1 Å².